The fraction of sp³-hybridized carbons (Fsp3) is 0.304. The highest BCUT2D eigenvalue weighted by molar-refractivity contribution is 7.91. The normalized spacial score (nSPS) is 22.4. The van der Waals surface area contributed by atoms with Gasteiger partial charge in [0.25, 0.3) is 0 Å². The zero-order valence-electron chi connectivity index (χ0n) is 16.8. The van der Waals surface area contributed by atoms with Gasteiger partial charge in [-0.3, -0.25) is 4.68 Å². The number of aryl methyl sites for hydroxylation is 1. The van der Waals surface area contributed by atoms with Gasteiger partial charge in [0.05, 0.1) is 23.3 Å². The van der Waals surface area contributed by atoms with Crippen LogP contribution in [0, 0.1) is 17.1 Å². The topological polar surface area (TPSA) is 73.9 Å². The molecule has 7 heteroatoms. The SMILES string of the molecule is C[C@H]1C[C@@](C#N)(c2cccc([S+]([O-])c3ccc(-c4ccnn4C)cc3)c2F)CCO1. The predicted molar refractivity (Wildman–Crippen MR) is 112 cm³/mol. The first-order chi connectivity index (χ1) is 14.4. The zero-order valence-corrected chi connectivity index (χ0v) is 17.7. The lowest BCUT2D eigenvalue weighted by atomic mass is 9.73. The molecular formula is C23H22FN3O2S. The van der Waals surface area contributed by atoms with E-state index in [0.29, 0.717) is 29.9 Å². The molecule has 0 amide bonds. The molecule has 2 heterocycles. The largest absolute Gasteiger partial charge is 0.606 e. The summed E-state index contributed by atoms with van der Waals surface area (Å²) >= 11 is -1.70. The summed E-state index contributed by atoms with van der Waals surface area (Å²) in [7, 11) is 1.85. The maximum absolute atomic E-state index is 15.5. The summed E-state index contributed by atoms with van der Waals surface area (Å²) in [6, 6.07) is 16.2. The molecule has 0 spiro atoms. The summed E-state index contributed by atoms with van der Waals surface area (Å²) in [5.41, 5.74) is 1.21. The molecule has 154 valence electrons. The number of halogens is 1. The number of aromatic nitrogens is 2. The van der Waals surface area contributed by atoms with Crippen molar-refractivity contribution < 1.29 is 13.7 Å². The molecule has 1 aliphatic rings. The molecule has 0 saturated carbocycles. The maximum atomic E-state index is 15.5. The van der Waals surface area contributed by atoms with Crippen LogP contribution in [-0.2, 0) is 28.4 Å². The van der Waals surface area contributed by atoms with Crippen molar-refractivity contribution in [2.24, 2.45) is 7.05 Å². The van der Waals surface area contributed by atoms with Crippen molar-refractivity contribution in [2.45, 2.75) is 41.1 Å². The molecule has 0 bridgehead atoms. The van der Waals surface area contributed by atoms with Crippen LogP contribution in [0.2, 0.25) is 0 Å². The van der Waals surface area contributed by atoms with E-state index >= 15 is 4.39 Å². The van der Waals surface area contributed by atoms with Gasteiger partial charge in [0.2, 0.25) is 0 Å². The molecule has 1 unspecified atom stereocenters. The van der Waals surface area contributed by atoms with Crippen molar-refractivity contribution >= 4 is 11.2 Å². The van der Waals surface area contributed by atoms with Gasteiger partial charge in [-0.2, -0.15) is 10.4 Å². The van der Waals surface area contributed by atoms with Crippen LogP contribution in [0.3, 0.4) is 0 Å². The van der Waals surface area contributed by atoms with Crippen LogP contribution in [0.1, 0.15) is 25.3 Å². The van der Waals surface area contributed by atoms with Crippen molar-refractivity contribution in [2.75, 3.05) is 6.61 Å². The second-order valence-electron chi connectivity index (χ2n) is 7.58. The van der Waals surface area contributed by atoms with Gasteiger partial charge in [0.15, 0.2) is 15.6 Å². The molecule has 2 aromatic carbocycles. The third-order valence-electron chi connectivity index (χ3n) is 5.64. The molecule has 0 N–H and O–H groups in total. The molecule has 3 atom stereocenters. The monoisotopic (exact) mass is 423 g/mol. The number of hydrogen-bond donors (Lipinski definition) is 0. The van der Waals surface area contributed by atoms with E-state index in [-0.39, 0.29) is 11.0 Å². The molecule has 3 aromatic rings. The van der Waals surface area contributed by atoms with Crippen molar-refractivity contribution in [1.29, 1.82) is 5.26 Å². The fourth-order valence-electron chi connectivity index (χ4n) is 4.05. The van der Waals surface area contributed by atoms with Crippen LogP contribution in [0.4, 0.5) is 4.39 Å². The van der Waals surface area contributed by atoms with Crippen LogP contribution < -0.4 is 0 Å². The molecular weight excluding hydrogens is 401 g/mol. The summed E-state index contributed by atoms with van der Waals surface area (Å²) in [6.07, 6.45) is 2.41. The van der Waals surface area contributed by atoms with Crippen LogP contribution >= 0.6 is 0 Å². The molecule has 4 rings (SSSR count). The van der Waals surface area contributed by atoms with E-state index in [1.165, 1.54) is 6.07 Å². The summed E-state index contributed by atoms with van der Waals surface area (Å²) in [4.78, 5) is 0.595. The fourth-order valence-corrected chi connectivity index (χ4v) is 5.16. The molecule has 30 heavy (non-hydrogen) atoms. The van der Waals surface area contributed by atoms with Crippen molar-refractivity contribution in [3.8, 4) is 17.3 Å². The van der Waals surface area contributed by atoms with Gasteiger partial charge in [-0.1, -0.05) is 12.1 Å². The Labute approximate surface area is 178 Å². The van der Waals surface area contributed by atoms with E-state index in [9.17, 15) is 9.81 Å². The first-order valence-corrected chi connectivity index (χ1v) is 10.9. The first kappa shape index (κ1) is 20.6. The Morgan fingerprint density at radius 1 is 1.27 bits per heavy atom. The highest BCUT2D eigenvalue weighted by atomic mass is 32.2. The van der Waals surface area contributed by atoms with Gasteiger partial charge in [0.1, 0.15) is 0 Å². The van der Waals surface area contributed by atoms with Crippen molar-refractivity contribution in [3.05, 3.63) is 66.1 Å². The molecule has 1 fully saturated rings. The van der Waals surface area contributed by atoms with E-state index in [1.54, 1.807) is 35.1 Å². The van der Waals surface area contributed by atoms with Gasteiger partial charge in [-0.05, 0) is 56.2 Å². The highest BCUT2D eigenvalue weighted by Gasteiger charge is 2.41. The van der Waals surface area contributed by atoms with Gasteiger partial charge < -0.3 is 9.29 Å². The quantitative estimate of drug-likeness (QED) is 0.585. The second kappa shape index (κ2) is 8.23. The minimum absolute atomic E-state index is 0.0922. The summed E-state index contributed by atoms with van der Waals surface area (Å²) in [5, 5.41) is 14.0. The van der Waals surface area contributed by atoms with Crippen LogP contribution in [0.25, 0.3) is 11.3 Å². The van der Waals surface area contributed by atoms with Gasteiger partial charge in [-0.15, -0.1) is 0 Å². The summed E-state index contributed by atoms with van der Waals surface area (Å²) in [6.45, 7) is 2.28. The number of ether oxygens (including phenoxy) is 1. The Morgan fingerprint density at radius 2 is 2.03 bits per heavy atom. The third kappa shape index (κ3) is 3.63. The molecule has 1 aliphatic heterocycles. The lowest BCUT2D eigenvalue weighted by Gasteiger charge is -2.35. The highest BCUT2D eigenvalue weighted by Crippen LogP contribution is 2.40. The number of benzene rings is 2. The average molecular weight is 424 g/mol. The average Bonchev–Trinajstić information content (AvgIpc) is 3.19. The number of nitrogens with zero attached hydrogens (tertiary/aromatic N) is 3. The molecule has 1 saturated heterocycles. The van der Waals surface area contributed by atoms with E-state index in [2.05, 4.69) is 11.2 Å². The second-order valence-corrected chi connectivity index (χ2v) is 9.03. The van der Waals surface area contributed by atoms with Gasteiger partial charge in [-0.25, -0.2) is 4.39 Å². The van der Waals surface area contributed by atoms with Crippen LogP contribution in [0.15, 0.2) is 64.5 Å². The molecule has 5 nitrogen and oxygen atoms in total. The Bertz CT molecular complexity index is 1090. The summed E-state index contributed by atoms with van der Waals surface area (Å²) in [5.74, 6) is -0.567. The lowest BCUT2D eigenvalue weighted by molar-refractivity contribution is 0.00275. The van der Waals surface area contributed by atoms with Crippen LogP contribution in [0.5, 0.6) is 0 Å². The van der Waals surface area contributed by atoms with E-state index in [1.807, 2.05) is 32.2 Å². The Kier molecular flexibility index (Phi) is 5.65. The van der Waals surface area contributed by atoms with E-state index < -0.39 is 22.4 Å². The Morgan fingerprint density at radius 3 is 2.67 bits per heavy atom. The summed E-state index contributed by atoms with van der Waals surface area (Å²) < 4.78 is 36.0. The standard InChI is InChI=1S/C23H22FN3O2S/c1-16-14-23(15-25,11-13-29-16)19-4-3-5-21(22(19)24)30(28)18-8-6-17(7-9-18)20-10-12-26-27(20)2/h3-10,12,16H,11,13-14H2,1-2H3/t16-,23-,30?/m0/s1. The molecule has 0 radical (unpaired) electrons. The number of hydrogen-bond acceptors (Lipinski definition) is 4. The van der Waals surface area contributed by atoms with Gasteiger partial charge >= 0.3 is 0 Å². The zero-order chi connectivity index (χ0) is 21.3. The minimum Gasteiger partial charge on any atom is -0.606 e. The number of rotatable bonds is 4. The Hall–Kier alpha value is -2.66. The predicted octanol–water partition coefficient (Wildman–Crippen LogP) is 4.35. The lowest BCUT2D eigenvalue weighted by Crippen LogP contribution is -2.37. The minimum atomic E-state index is -1.70. The van der Waals surface area contributed by atoms with Crippen LogP contribution in [-0.4, -0.2) is 27.0 Å². The third-order valence-corrected chi connectivity index (χ3v) is 7.06. The number of nitriles is 1. The van der Waals surface area contributed by atoms with E-state index in [0.717, 1.165) is 11.3 Å². The van der Waals surface area contributed by atoms with Crippen molar-refractivity contribution in [3.63, 3.8) is 0 Å². The van der Waals surface area contributed by atoms with E-state index in [4.69, 9.17) is 4.74 Å². The molecule has 0 aliphatic carbocycles. The first-order valence-electron chi connectivity index (χ1n) is 9.77. The molecule has 1 aromatic heterocycles. The smallest absolute Gasteiger partial charge is 0.194 e. The Balaban J connectivity index is 1.67. The van der Waals surface area contributed by atoms with Gasteiger partial charge in [0, 0.05) is 42.2 Å². The maximum Gasteiger partial charge on any atom is 0.194 e. The van der Waals surface area contributed by atoms with Crippen molar-refractivity contribution in [1.82, 2.24) is 9.78 Å².